The van der Waals surface area contributed by atoms with Gasteiger partial charge in [-0.3, -0.25) is 13.9 Å². The van der Waals surface area contributed by atoms with Crippen molar-refractivity contribution in [2.24, 2.45) is 0 Å². The summed E-state index contributed by atoms with van der Waals surface area (Å²) in [7, 11) is -3.12. The van der Waals surface area contributed by atoms with Crippen molar-refractivity contribution in [1.29, 1.82) is 0 Å². The third kappa shape index (κ3) is 3.78. The van der Waals surface area contributed by atoms with Crippen LogP contribution in [-0.2, 0) is 10.0 Å². The van der Waals surface area contributed by atoms with Gasteiger partial charge in [0.2, 0.25) is 5.88 Å². The number of hydrogen-bond donors (Lipinski definition) is 1. The lowest BCUT2D eigenvalue weighted by Gasteiger charge is -2.15. The van der Waals surface area contributed by atoms with E-state index >= 15 is 0 Å². The van der Waals surface area contributed by atoms with E-state index in [0.717, 1.165) is 12.1 Å². The van der Waals surface area contributed by atoms with Gasteiger partial charge in [0.25, 0.3) is 15.6 Å². The third-order valence-electron chi connectivity index (χ3n) is 4.78. The average Bonchev–Trinajstić information content (AvgIpc) is 2.73. The topological polar surface area (TPSA) is 103 Å². The first-order chi connectivity index (χ1) is 15.2. The number of nitrogens with zero attached hydrogens (tertiary/aromatic N) is 3. The van der Waals surface area contributed by atoms with E-state index in [4.69, 9.17) is 4.74 Å². The largest absolute Gasteiger partial charge is 0.480 e. The Bertz CT molecular complexity index is 1520. The molecular formula is C21H16F2N4O4S. The number of hydrogen-bond acceptors (Lipinski definition) is 6. The first-order valence-electron chi connectivity index (χ1n) is 9.21. The predicted molar refractivity (Wildman–Crippen MR) is 113 cm³/mol. The lowest BCUT2D eigenvalue weighted by Crippen LogP contribution is -2.16. The number of aryl methyl sites for hydroxylation is 1. The van der Waals surface area contributed by atoms with Crippen LogP contribution in [0.1, 0.15) is 5.69 Å². The number of nitrogens with one attached hydrogen (secondary N) is 1. The summed E-state index contributed by atoms with van der Waals surface area (Å²) < 4.78 is 61.5. The third-order valence-corrected chi connectivity index (χ3v) is 6.18. The summed E-state index contributed by atoms with van der Waals surface area (Å²) in [5.74, 6) is -2.20. The van der Waals surface area contributed by atoms with Crippen LogP contribution in [0, 0.1) is 18.6 Å². The molecule has 3 heterocycles. The molecule has 4 aromatic rings. The molecule has 0 bridgehead atoms. The first kappa shape index (κ1) is 21.4. The molecular weight excluding hydrogens is 442 g/mol. The Morgan fingerprint density at radius 2 is 1.84 bits per heavy atom. The van der Waals surface area contributed by atoms with E-state index in [2.05, 4.69) is 14.7 Å². The van der Waals surface area contributed by atoms with Gasteiger partial charge in [-0.15, -0.1) is 0 Å². The molecule has 0 saturated carbocycles. The number of benzene rings is 1. The van der Waals surface area contributed by atoms with Crippen LogP contribution in [0.3, 0.4) is 0 Å². The fraction of sp³-hybridized carbons (Fsp3) is 0.0952. The van der Waals surface area contributed by atoms with E-state index in [1.54, 1.807) is 19.1 Å². The highest BCUT2D eigenvalue weighted by Crippen LogP contribution is 2.32. The monoisotopic (exact) mass is 458 g/mol. The zero-order chi connectivity index (χ0) is 23.0. The number of halogens is 2. The molecule has 164 valence electrons. The van der Waals surface area contributed by atoms with Crippen LogP contribution in [0.25, 0.3) is 16.8 Å². The van der Waals surface area contributed by atoms with Crippen molar-refractivity contribution in [2.45, 2.75) is 11.8 Å². The average molecular weight is 458 g/mol. The lowest BCUT2D eigenvalue weighted by molar-refractivity contribution is 0.400. The summed E-state index contributed by atoms with van der Waals surface area (Å²) in [6.45, 7) is 1.72. The molecule has 8 nitrogen and oxygen atoms in total. The molecule has 0 aliphatic heterocycles. The highest BCUT2D eigenvalue weighted by atomic mass is 32.2. The number of sulfonamides is 1. The summed E-state index contributed by atoms with van der Waals surface area (Å²) >= 11 is 0. The van der Waals surface area contributed by atoms with Crippen LogP contribution in [0.15, 0.2) is 64.5 Å². The van der Waals surface area contributed by atoms with E-state index in [1.165, 1.54) is 36.0 Å². The van der Waals surface area contributed by atoms with Gasteiger partial charge in [-0.05, 0) is 37.3 Å². The van der Waals surface area contributed by atoms with Gasteiger partial charge < -0.3 is 4.74 Å². The maximum atomic E-state index is 14.1. The van der Waals surface area contributed by atoms with Crippen LogP contribution >= 0.6 is 0 Å². The van der Waals surface area contributed by atoms with E-state index in [1.807, 2.05) is 0 Å². The molecule has 0 fully saturated rings. The summed E-state index contributed by atoms with van der Waals surface area (Å²) in [6.07, 6.45) is 2.86. The maximum Gasteiger partial charge on any atom is 0.264 e. The van der Waals surface area contributed by atoms with Crippen molar-refractivity contribution in [3.05, 3.63) is 82.5 Å². The number of pyridine rings is 2. The second-order valence-corrected chi connectivity index (χ2v) is 8.42. The zero-order valence-electron chi connectivity index (χ0n) is 16.8. The van der Waals surface area contributed by atoms with Crippen LogP contribution in [0.4, 0.5) is 14.5 Å². The molecule has 1 N–H and O–H groups in total. The normalized spacial score (nSPS) is 11.5. The van der Waals surface area contributed by atoms with E-state index < -0.39 is 26.6 Å². The Labute approximate surface area is 181 Å². The summed E-state index contributed by atoms with van der Waals surface area (Å²) in [5, 5.41) is 0. The van der Waals surface area contributed by atoms with Gasteiger partial charge >= 0.3 is 0 Å². The van der Waals surface area contributed by atoms with Crippen LogP contribution in [-0.4, -0.2) is 29.9 Å². The summed E-state index contributed by atoms with van der Waals surface area (Å²) in [5.41, 5.74) is 1.74. The minimum absolute atomic E-state index is 0.0582. The second-order valence-electron chi connectivity index (χ2n) is 6.77. The van der Waals surface area contributed by atoms with Crippen LogP contribution in [0.2, 0.25) is 0 Å². The van der Waals surface area contributed by atoms with Crippen LogP contribution < -0.4 is 15.0 Å². The molecule has 0 radical (unpaired) electrons. The highest BCUT2D eigenvalue weighted by Gasteiger charge is 2.22. The van der Waals surface area contributed by atoms with Crippen molar-refractivity contribution in [3.8, 4) is 17.0 Å². The van der Waals surface area contributed by atoms with Crippen molar-refractivity contribution < 1.29 is 21.9 Å². The van der Waals surface area contributed by atoms with Gasteiger partial charge in [-0.1, -0.05) is 0 Å². The smallest absolute Gasteiger partial charge is 0.264 e. The quantitative estimate of drug-likeness (QED) is 0.493. The minimum atomic E-state index is -4.42. The first-order valence-corrected chi connectivity index (χ1v) is 10.7. The molecule has 0 aliphatic carbocycles. The van der Waals surface area contributed by atoms with Gasteiger partial charge in [0.05, 0.1) is 7.11 Å². The zero-order valence-corrected chi connectivity index (χ0v) is 17.7. The van der Waals surface area contributed by atoms with Gasteiger partial charge in [0.1, 0.15) is 27.9 Å². The van der Waals surface area contributed by atoms with Gasteiger partial charge in [0.15, 0.2) is 0 Å². The Morgan fingerprint density at radius 1 is 1.06 bits per heavy atom. The van der Waals surface area contributed by atoms with E-state index in [-0.39, 0.29) is 17.1 Å². The number of fused-ring (bicyclic) bond motifs is 1. The molecule has 4 rings (SSSR count). The molecule has 0 amide bonds. The summed E-state index contributed by atoms with van der Waals surface area (Å²) in [6, 6.07) is 8.28. The predicted octanol–water partition coefficient (Wildman–Crippen LogP) is 3.15. The van der Waals surface area contributed by atoms with Gasteiger partial charge in [-0.25, -0.2) is 27.2 Å². The fourth-order valence-corrected chi connectivity index (χ4v) is 4.42. The number of anilines is 1. The Kier molecular flexibility index (Phi) is 5.35. The highest BCUT2D eigenvalue weighted by molar-refractivity contribution is 7.92. The molecule has 0 atom stereocenters. The minimum Gasteiger partial charge on any atom is -0.480 e. The maximum absolute atomic E-state index is 14.1. The molecule has 1 aromatic carbocycles. The van der Waals surface area contributed by atoms with Gasteiger partial charge in [-0.2, -0.15) is 0 Å². The van der Waals surface area contributed by atoms with Gasteiger partial charge in [0, 0.05) is 41.3 Å². The Morgan fingerprint density at radius 3 is 2.56 bits per heavy atom. The van der Waals surface area contributed by atoms with Crippen molar-refractivity contribution >= 4 is 21.4 Å². The molecule has 0 saturated heterocycles. The second kappa shape index (κ2) is 8.00. The van der Waals surface area contributed by atoms with Crippen molar-refractivity contribution in [3.63, 3.8) is 0 Å². The molecule has 0 spiro atoms. The van der Waals surface area contributed by atoms with Crippen LogP contribution in [0.5, 0.6) is 5.88 Å². The lowest BCUT2D eigenvalue weighted by atomic mass is 10.1. The SMILES string of the molecule is COc1ncc(-c2ccc3nccc(=O)n3c2C)cc1NS(=O)(=O)c1ccc(F)cc1F. The van der Waals surface area contributed by atoms with E-state index in [0.29, 0.717) is 28.5 Å². The number of aromatic nitrogens is 3. The number of rotatable bonds is 5. The molecule has 3 aromatic heterocycles. The van der Waals surface area contributed by atoms with Crippen molar-refractivity contribution in [1.82, 2.24) is 14.4 Å². The Balaban J connectivity index is 1.82. The number of methoxy groups -OCH3 is 1. The number of ether oxygens (including phenoxy) is 1. The molecule has 11 heteroatoms. The Hall–Kier alpha value is -3.86. The standard InChI is InChI=1S/C21H16F2N4O4S/c1-12-15(4-6-19-24-8-7-20(28)27(12)19)13-9-17(21(31-2)25-11-13)26-32(29,30)18-5-3-14(22)10-16(18)23/h3-11,26H,1-2H3. The van der Waals surface area contributed by atoms with E-state index in [9.17, 15) is 22.0 Å². The summed E-state index contributed by atoms with van der Waals surface area (Å²) in [4.78, 5) is 19.8. The van der Waals surface area contributed by atoms with Crippen molar-refractivity contribution in [2.75, 3.05) is 11.8 Å². The molecule has 0 aliphatic rings. The molecule has 32 heavy (non-hydrogen) atoms. The fourth-order valence-electron chi connectivity index (χ4n) is 3.31. The molecule has 0 unspecified atom stereocenters.